The lowest BCUT2D eigenvalue weighted by atomic mass is 10.0. The summed E-state index contributed by atoms with van der Waals surface area (Å²) in [5.74, 6) is 0. The number of anilines is 1. The fourth-order valence-electron chi connectivity index (χ4n) is 3.59. The monoisotopic (exact) mass is 370 g/mol. The van der Waals surface area contributed by atoms with Gasteiger partial charge in [-0.2, -0.15) is 0 Å². The second-order valence-corrected chi connectivity index (χ2v) is 7.55. The molecule has 0 aliphatic rings. The van der Waals surface area contributed by atoms with E-state index in [9.17, 15) is 0 Å². The van der Waals surface area contributed by atoms with Gasteiger partial charge in [-0.1, -0.05) is 42.5 Å². The van der Waals surface area contributed by atoms with Gasteiger partial charge in [0, 0.05) is 30.5 Å². The summed E-state index contributed by atoms with van der Waals surface area (Å²) in [5, 5.41) is 0. The summed E-state index contributed by atoms with van der Waals surface area (Å²) in [5.41, 5.74) is 14.9. The highest BCUT2D eigenvalue weighted by Crippen LogP contribution is 2.28. The lowest BCUT2D eigenvalue weighted by Gasteiger charge is -2.18. The third-order valence-corrected chi connectivity index (χ3v) is 5.24. The van der Waals surface area contributed by atoms with E-state index >= 15 is 0 Å². The zero-order valence-electron chi connectivity index (χ0n) is 16.7. The molecule has 0 unspecified atom stereocenters. The van der Waals surface area contributed by atoms with Gasteiger partial charge in [0.25, 0.3) is 0 Å². The second-order valence-electron chi connectivity index (χ2n) is 7.55. The Bertz CT molecular complexity index is 1110. The molecule has 2 aromatic heterocycles. The lowest BCUT2D eigenvalue weighted by molar-refractivity contribution is 0.314. The zero-order chi connectivity index (χ0) is 19.7. The highest BCUT2D eigenvalue weighted by atomic mass is 15.1. The Morgan fingerprint density at radius 1 is 0.929 bits per heavy atom. The Morgan fingerprint density at radius 2 is 1.71 bits per heavy atom. The maximum Gasteiger partial charge on any atom is 0.137 e. The Labute approximate surface area is 166 Å². The van der Waals surface area contributed by atoms with Crippen molar-refractivity contribution >= 4 is 11.3 Å². The predicted molar refractivity (Wildman–Crippen MR) is 116 cm³/mol. The molecule has 0 spiro atoms. The van der Waals surface area contributed by atoms with Crippen molar-refractivity contribution in [1.82, 2.24) is 14.3 Å². The fraction of sp³-hybridized carbons (Fsp3) is 0.208. The van der Waals surface area contributed by atoms with Gasteiger partial charge in [0.2, 0.25) is 0 Å². The molecule has 0 saturated carbocycles. The third kappa shape index (κ3) is 3.64. The van der Waals surface area contributed by atoms with Gasteiger partial charge in [0.1, 0.15) is 5.65 Å². The molecule has 4 aromatic rings. The molecule has 4 heteroatoms. The second kappa shape index (κ2) is 7.49. The van der Waals surface area contributed by atoms with Crippen molar-refractivity contribution in [3.8, 4) is 11.3 Å². The minimum absolute atomic E-state index is 0.739. The van der Waals surface area contributed by atoms with Gasteiger partial charge in [-0.15, -0.1) is 0 Å². The van der Waals surface area contributed by atoms with Crippen LogP contribution in [0.15, 0.2) is 66.9 Å². The van der Waals surface area contributed by atoms with Crippen molar-refractivity contribution in [3.05, 3.63) is 89.2 Å². The number of imidazole rings is 1. The summed E-state index contributed by atoms with van der Waals surface area (Å²) < 4.78 is 2.13. The first-order valence-corrected chi connectivity index (χ1v) is 9.58. The molecular formula is C24H26N4. The molecule has 0 amide bonds. The first-order chi connectivity index (χ1) is 13.5. The van der Waals surface area contributed by atoms with E-state index in [-0.39, 0.29) is 0 Å². The van der Waals surface area contributed by atoms with Gasteiger partial charge in [-0.3, -0.25) is 4.90 Å². The number of aromatic nitrogens is 2. The molecular weight excluding hydrogens is 344 g/mol. The third-order valence-electron chi connectivity index (χ3n) is 5.24. The fourth-order valence-corrected chi connectivity index (χ4v) is 3.59. The molecule has 2 heterocycles. The molecule has 4 nitrogen and oxygen atoms in total. The van der Waals surface area contributed by atoms with Gasteiger partial charge in [-0.25, -0.2) is 4.98 Å². The van der Waals surface area contributed by atoms with Crippen molar-refractivity contribution in [2.75, 3.05) is 12.8 Å². The average molecular weight is 371 g/mol. The quantitative estimate of drug-likeness (QED) is 0.547. The Hall–Kier alpha value is -3.11. The number of nitrogen functional groups attached to an aromatic ring is 1. The molecule has 28 heavy (non-hydrogen) atoms. The van der Waals surface area contributed by atoms with Gasteiger partial charge < -0.3 is 10.1 Å². The first-order valence-electron chi connectivity index (χ1n) is 9.58. The number of nitrogens with zero attached hydrogens (tertiary/aromatic N) is 3. The smallest absolute Gasteiger partial charge is 0.137 e. The van der Waals surface area contributed by atoms with E-state index in [1.165, 1.54) is 16.7 Å². The number of rotatable bonds is 5. The van der Waals surface area contributed by atoms with Crippen LogP contribution in [-0.4, -0.2) is 21.3 Å². The number of aryl methyl sites for hydroxylation is 2. The van der Waals surface area contributed by atoms with Crippen LogP contribution in [0.5, 0.6) is 0 Å². The SMILES string of the molecule is Cc1ccc(-c2nc3ccc(N)cn3c2CN(C)Cc2ccccc2)cc1C. The molecule has 142 valence electrons. The van der Waals surface area contributed by atoms with E-state index in [1.807, 2.05) is 18.3 Å². The van der Waals surface area contributed by atoms with Crippen molar-refractivity contribution in [3.63, 3.8) is 0 Å². The number of fused-ring (bicyclic) bond motifs is 1. The number of hydrogen-bond donors (Lipinski definition) is 1. The standard InChI is InChI=1S/C24H26N4/c1-17-9-10-20(13-18(17)2)24-22(28-15-21(25)11-12-23(28)26-24)16-27(3)14-19-7-5-4-6-8-19/h4-13,15H,14,16,25H2,1-3H3. The highest BCUT2D eigenvalue weighted by molar-refractivity contribution is 5.68. The van der Waals surface area contributed by atoms with E-state index < -0.39 is 0 Å². The maximum absolute atomic E-state index is 6.08. The van der Waals surface area contributed by atoms with Gasteiger partial charge in [0.15, 0.2) is 0 Å². The van der Waals surface area contributed by atoms with E-state index in [1.54, 1.807) is 0 Å². The first kappa shape index (κ1) is 18.3. The van der Waals surface area contributed by atoms with E-state index in [0.717, 1.165) is 41.4 Å². The molecule has 4 rings (SSSR count). The van der Waals surface area contributed by atoms with Crippen LogP contribution < -0.4 is 5.73 Å². The molecule has 0 aliphatic carbocycles. The van der Waals surface area contributed by atoms with E-state index in [4.69, 9.17) is 10.7 Å². The summed E-state index contributed by atoms with van der Waals surface area (Å²) in [6, 6.07) is 21.0. The highest BCUT2D eigenvalue weighted by Gasteiger charge is 2.16. The molecule has 0 atom stereocenters. The maximum atomic E-state index is 6.08. The van der Waals surface area contributed by atoms with Crippen LogP contribution in [0.3, 0.4) is 0 Å². The van der Waals surface area contributed by atoms with Crippen LogP contribution in [0, 0.1) is 13.8 Å². The van der Waals surface area contributed by atoms with Crippen LogP contribution in [0.1, 0.15) is 22.4 Å². The Kier molecular flexibility index (Phi) is 4.88. The van der Waals surface area contributed by atoms with Crippen molar-refractivity contribution in [2.24, 2.45) is 0 Å². The average Bonchev–Trinajstić information content (AvgIpc) is 3.02. The summed E-state index contributed by atoms with van der Waals surface area (Å²) >= 11 is 0. The predicted octanol–water partition coefficient (Wildman–Crippen LogP) is 4.83. The Balaban J connectivity index is 1.76. The van der Waals surface area contributed by atoms with Gasteiger partial charge in [0.05, 0.1) is 11.4 Å². The number of pyridine rings is 1. The molecule has 2 aromatic carbocycles. The minimum Gasteiger partial charge on any atom is -0.398 e. The summed E-state index contributed by atoms with van der Waals surface area (Å²) in [4.78, 5) is 7.25. The minimum atomic E-state index is 0.739. The summed E-state index contributed by atoms with van der Waals surface area (Å²) in [6.45, 7) is 5.94. The Morgan fingerprint density at radius 3 is 2.46 bits per heavy atom. The van der Waals surface area contributed by atoms with Crippen molar-refractivity contribution in [2.45, 2.75) is 26.9 Å². The van der Waals surface area contributed by atoms with Crippen LogP contribution >= 0.6 is 0 Å². The number of hydrogen-bond acceptors (Lipinski definition) is 3. The molecule has 2 N–H and O–H groups in total. The molecule has 0 radical (unpaired) electrons. The van der Waals surface area contributed by atoms with Crippen molar-refractivity contribution in [1.29, 1.82) is 0 Å². The molecule has 0 bridgehead atoms. The van der Waals surface area contributed by atoms with Crippen LogP contribution in [0.25, 0.3) is 16.9 Å². The van der Waals surface area contributed by atoms with Gasteiger partial charge >= 0.3 is 0 Å². The van der Waals surface area contributed by atoms with Crippen LogP contribution in [0.4, 0.5) is 5.69 Å². The van der Waals surface area contributed by atoms with Crippen LogP contribution in [0.2, 0.25) is 0 Å². The summed E-state index contributed by atoms with van der Waals surface area (Å²) in [6.07, 6.45) is 1.97. The largest absolute Gasteiger partial charge is 0.398 e. The van der Waals surface area contributed by atoms with Crippen molar-refractivity contribution < 1.29 is 0 Å². The lowest BCUT2D eigenvalue weighted by Crippen LogP contribution is -2.18. The number of nitrogens with two attached hydrogens (primary N) is 1. The number of benzene rings is 2. The van der Waals surface area contributed by atoms with E-state index in [2.05, 4.69) is 78.7 Å². The molecule has 0 aliphatic heterocycles. The van der Waals surface area contributed by atoms with E-state index in [0.29, 0.717) is 0 Å². The summed E-state index contributed by atoms with van der Waals surface area (Å²) in [7, 11) is 2.14. The zero-order valence-corrected chi connectivity index (χ0v) is 16.7. The molecule has 0 saturated heterocycles. The van der Waals surface area contributed by atoms with Gasteiger partial charge in [-0.05, 0) is 55.8 Å². The molecule has 0 fully saturated rings. The normalized spacial score (nSPS) is 11.4. The topological polar surface area (TPSA) is 46.6 Å². The van der Waals surface area contributed by atoms with Crippen LogP contribution in [-0.2, 0) is 13.1 Å².